The van der Waals surface area contributed by atoms with E-state index in [0.717, 1.165) is 0 Å². The Balaban J connectivity index is 2.12. The third kappa shape index (κ3) is 3.98. The number of benzene rings is 1. The molecule has 0 spiro atoms. The molecule has 0 saturated heterocycles. The van der Waals surface area contributed by atoms with Crippen LogP contribution in [0.5, 0.6) is 11.5 Å². The van der Waals surface area contributed by atoms with E-state index in [0.29, 0.717) is 6.61 Å². The molecule has 0 fully saturated rings. The van der Waals surface area contributed by atoms with Crippen molar-refractivity contribution in [1.29, 1.82) is 0 Å². The first kappa shape index (κ1) is 14.9. The molecular weight excluding hydrogens is 288 g/mol. The second-order valence-electron chi connectivity index (χ2n) is 3.90. The minimum Gasteiger partial charge on any atom is -0.494 e. The number of hydrogen-bond acceptors (Lipinski definition) is 5. The minimum atomic E-state index is -3.00. The molecule has 6 nitrogen and oxygen atoms in total. The molecule has 21 heavy (non-hydrogen) atoms. The Morgan fingerprint density at radius 2 is 2.14 bits per heavy atom. The maximum absolute atomic E-state index is 12.3. The third-order valence-electron chi connectivity index (χ3n) is 2.51. The Kier molecular flexibility index (Phi) is 4.81. The Labute approximate surface area is 119 Å². The van der Waals surface area contributed by atoms with Gasteiger partial charge in [-0.05, 0) is 12.1 Å². The predicted octanol–water partition coefficient (Wildman–Crippen LogP) is 2.12. The van der Waals surface area contributed by atoms with Crippen LogP contribution in [0.15, 0.2) is 30.2 Å². The normalized spacial score (nSPS) is 13.8. The van der Waals surface area contributed by atoms with Gasteiger partial charge in [-0.1, -0.05) is 0 Å². The van der Waals surface area contributed by atoms with Crippen LogP contribution in [-0.2, 0) is 14.3 Å². The summed E-state index contributed by atoms with van der Waals surface area (Å²) in [5, 5.41) is 2.48. The Hall–Kier alpha value is -2.51. The van der Waals surface area contributed by atoms with Gasteiger partial charge in [0.1, 0.15) is 19.5 Å². The first-order valence-electron chi connectivity index (χ1n) is 5.99. The molecule has 1 aromatic rings. The average Bonchev–Trinajstić information content (AvgIpc) is 2.48. The van der Waals surface area contributed by atoms with E-state index in [1.807, 2.05) is 0 Å². The largest absolute Gasteiger partial charge is 0.494 e. The number of halogens is 2. The Morgan fingerprint density at radius 3 is 2.76 bits per heavy atom. The Morgan fingerprint density at radius 1 is 1.33 bits per heavy atom. The summed E-state index contributed by atoms with van der Waals surface area (Å²) in [5.41, 5.74) is 0.256. The van der Waals surface area contributed by atoms with Gasteiger partial charge in [-0.25, -0.2) is 0 Å². The molecule has 0 bridgehead atoms. The van der Waals surface area contributed by atoms with Gasteiger partial charge in [0.2, 0.25) is 5.76 Å². The van der Waals surface area contributed by atoms with Crippen LogP contribution in [0.1, 0.15) is 0 Å². The molecule has 0 atom stereocenters. The van der Waals surface area contributed by atoms with Crippen LogP contribution in [0.4, 0.5) is 14.5 Å². The van der Waals surface area contributed by atoms with E-state index >= 15 is 0 Å². The van der Waals surface area contributed by atoms with Gasteiger partial charge in [0, 0.05) is 11.8 Å². The van der Waals surface area contributed by atoms with E-state index in [4.69, 9.17) is 14.2 Å². The van der Waals surface area contributed by atoms with Crippen molar-refractivity contribution in [3.63, 3.8) is 0 Å². The SMILES string of the molecule is COc1ccc(NC(=O)C2=COCCO2)cc1OC(F)F. The molecule has 8 heteroatoms. The number of amides is 1. The first-order chi connectivity index (χ1) is 10.1. The summed E-state index contributed by atoms with van der Waals surface area (Å²) in [6.07, 6.45) is 1.19. The number of hydrogen-bond donors (Lipinski definition) is 1. The molecule has 1 aromatic carbocycles. The van der Waals surface area contributed by atoms with Gasteiger partial charge in [-0.3, -0.25) is 4.79 Å². The molecule has 114 valence electrons. The van der Waals surface area contributed by atoms with Crippen molar-refractivity contribution in [3.8, 4) is 11.5 Å². The number of methoxy groups -OCH3 is 1. The van der Waals surface area contributed by atoms with Crippen molar-refractivity contribution >= 4 is 11.6 Å². The van der Waals surface area contributed by atoms with Crippen LogP contribution in [0.25, 0.3) is 0 Å². The lowest BCUT2D eigenvalue weighted by Crippen LogP contribution is -2.21. The molecular formula is C13H13F2NO5. The summed E-state index contributed by atoms with van der Waals surface area (Å²) in [7, 11) is 1.32. The van der Waals surface area contributed by atoms with E-state index in [1.54, 1.807) is 0 Å². The molecule has 1 aliphatic rings. The molecule has 2 rings (SSSR count). The number of nitrogens with one attached hydrogen (secondary N) is 1. The fourth-order valence-electron chi connectivity index (χ4n) is 1.62. The zero-order valence-electron chi connectivity index (χ0n) is 11.1. The summed E-state index contributed by atoms with van der Waals surface area (Å²) in [4.78, 5) is 11.9. The second-order valence-corrected chi connectivity index (χ2v) is 3.90. The molecule has 1 aliphatic heterocycles. The molecule has 1 amide bonds. The smallest absolute Gasteiger partial charge is 0.387 e. The van der Waals surface area contributed by atoms with Gasteiger partial charge >= 0.3 is 6.61 Å². The van der Waals surface area contributed by atoms with Crippen LogP contribution in [0.3, 0.4) is 0 Å². The van der Waals surface area contributed by atoms with Crippen molar-refractivity contribution < 1.29 is 32.5 Å². The monoisotopic (exact) mass is 301 g/mol. The quantitative estimate of drug-likeness (QED) is 0.902. The summed E-state index contributed by atoms with van der Waals surface area (Å²) in [5.74, 6) is -0.596. The maximum atomic E-state index is 12.3. The van der Waals surface area contributed by atoms with Gasteiger partial charge in [0.15, 0.2) is 11.5 Å². The second kappa shape index (κ2) is 6.78. The average molecular weight is 301 g/mol. The lowest BCUT2D eigenvalue weighted by molar-refractivity contribution is -0.117. The molecule has 0 aromatic heterocycles. The van der Waals surface area contributed by atoms with Crippen LogP contribution in [0, 0.1) is 0 Å². The summed E-state index contributed by atoms with van der Waals surface area (Å²) in [6.45, 7) is -2.37. The van der Waals surface area contributed by atoms with Gasteiger partial charge < -0.3 is 24.3 Å². The zero-order valence-corrected chi connectivity index (χ0v) is 11.1. The van der Waals surface area contributed by atoms with Crippen molar-refractivity contribution in [2.75, 3.05) is 25.6 Å². The number of rotatable bonds is 5. The van der Waals surface area contributed by atoms with E-state index in [-0.39, 0.29) is 29.6 Å². The van der Waals surface area contributed by atoms with Crippen molar-refractivity contribution in [3.05, 3.63) is 30.2 Å². The molecule has 0 aliphatic carbocycles. The van der Waals surface area contributed by atoms with Crippen LogP contribution in [-0.4, -0.2) is 32.8 Å². The fraction of sp³-hybridized carbons (Fsp3) is 0.308. The molecule has 1 heterocycles. The molecule has 0 saturated carbocycles. The first-order valence-corrected chi connectivity index (χ1v) is 5.99. The maximum Gasteiger partial charge on any atom is 0.387 e. The summed E-state index contributed by atoms with van der Waals surface area (Å²) >= 11 is 0. The van der Waals surface area contributed by atoms with Crippen LogP contribution >= 0.6 is 0 Å². The zero-order chi connectivity index (χ0) is 15.2. The number of carbonyl (C=O) groups is 1. The van der Waals surface area contributed by atoms with Crippen molar-refractivity contribution in [2.24, 2.45) is 0 Å². The highest BCUT2D eigenvalue weighted by Crippen LogP contribution is 2.31. The molecule has 1 N–H and O–H groups in total. The van der Waals surface area contributed by atoms with E-state index in [9.17, 15) is 13.6 Å². The molecule has 0 radical (unpaired) electrons. The van der Waals surface area contributed by atoms with E-state index < -0.39 is 12.5 Å². The number of ether oxygens (including phenoxy) is 4. The fourth-order valence-corrected chi connectivity index (χ4v) is 1.62. The highest BCUT2D eigenvalue weighted by Gasteiger charge is 2.17. The van der Waals surface area contributed by atoms with Crippen molar-refractivity contribution in [1.82, 2.24) is 0 Å². The number of alkyl halides is 2. The van der Waals surface area contributed by atoms with Gasteiger partial charge in [0.05, 0.1) is 7.11 Å². The van der Waals surface area contributed by atoms with E-state index in [2.05, 4.69) is 10.1 Å². The minimum absolute atomic E-state index is 0.00777. The van der Waals surface area contributed by atoms with Crippen LogP contribution in [0.2, 0.25) is 0 Å². The van der Waals surface area contributed by atoms with Gasteiger partial charge in [0.25, 0.3) is 5.91 Å². The highest BCUT2D eigenvalue weighted by atomic mass is 19.3. The van der Waals surface area contributed by atoms with Crippen molar-refractivity contribution in [2.45, 2.75) is 6.61 Å². The molecule has 0 unspecified atom stereocenters. The number of anilines is 1. The highest BCUT2D eigenvalue weighted by molar-refractivity contribution is 6.02. The standard InChI is InChI=1S/C13H13F2NO5/c1-18-9-3-2-8(6-10(9)21-13(14)15)16-12(17)11-7-19-4-5-20-11/h2-3,6-7,13H,4-5H2,1H3,(H,16,17). The number of carbonyl (C=O) groups excluding carboxylic acids is 1. The summed E-state index contributed by atoms with van der Waals surface area (Å²) in [6, 6.07) is 4.12. The third-order valence-corrected chi connectivity index (χ3v) is 2.51. The lowest BCUT2D eigenvalue weighted by atomic mass is 10.2. The van der Waals surface area contributed by atoms with E-state index in [1.165, 1.54) is 31.6 Å². The summed E-state index contributed by atoms with van der Waals surface area (Å²) < 4.78 is 43.9. The topological polar surface area (TPSA) is 66.0 Å². The van der Waals surface area contributed by atoms with Gasteiger partial charge in [-0.2, -0.15) is 8.78 Å². The van der Waals surface area contributed by atoms with Gasteiger partial charge in [-0.15, -0.1) is 0 Å². The predicted molar refractivity (Wildman–Crippen MR) is 68.2 cm³/mol. The lowest BCUT2D eigenvalue weighted by Gasteiger charge is -2.16. The van der Waals surface area contributed by atoms with Crippen LogP contribution < -0.4 is 14.8 Å². The Bertz CT molecular complexity index is 547.